The molecule has 2 aromatic carbocycles. The van der Waals surface area contributed by atoms with Crippen LogP contribution >= 0.6 is 0 Å². The topological polar surface area (TPSA) is 66.7 Å². The predicted molar refractivity (Wildman–Crippen MR) is 61.4 cm³/mol. The van der Waals surface area contributed by atoms with E-state index in [9.17, 15) is 0 Å². The van der Waals surface area contributed by atoms with Crippen molar-refractivity contribution in [1.29, 1.82) is 0 Å². The van der Waals surface area contributed by atoms with Gasteiger partial charge in [0.2, 0.25) is 5.95 Å². The number of rotatable bonds is 1. The van der Waals surface area contributed by atoms with Gasteiger partial charge < -0.3 is 4.98 Å². The minimum atomic E-state index is 0.584. The predicted octanol–water partition coefficient (Wildman–Crippen LogP) is 2.00. The summed E-state index contributed by atoms with van der Waals surface area (Å²) in [4.78, 5) is 7.38. The molecular weight excluding hydrogens is 188 g/mol. The fourth-order valence-corrected chi connectivity index (χ4v) is 1.77. The van der Waals surface area contributed by atoms with Gasteiger partial charge in [0.1, 0.15) is 0 Å². The van der Waals surface area contributed by atoms with E-state index in [1.165, 1.54) is 10.8 Å². The summed E-state index contributed by atoms with van der Waals surface area (Å²) >= 11 is 0. The van der Waals surface area contributed by atoms with Crippen LogP contribution in [-0.4, -0.2) is 9.97 Å². The van der Waals surface area contributed by atoms with Crippen LogP contribution in [0.25, 0.3) is 21.8 Å². The van der Waals surface area contributed by atoms with Crippen molar-refractivity contribution in [1.82, 2.24) is 9.97 Å². The van der Waals surface area contributed by atoms with Crippen LogP contribution < -0.4 is 11.3 Å². The van der Waals surface area contributed by atoms with Crippen LogP contribution in [0.15, 0.2) is 36.4 Å². The van der Waals surface area contributed by atoms with Gasteiger partial charge in [-0.05, 0) is 22.9 Å². The monoisotopic (exact) mass is 198 g/mol. The molecule has 0 aliphatic rings. The Morgan fingerprint density at radius 3 is 2.60 bits per heavy atom. The fraction of sp³-hybridized carbons (Fsp3) is 0. The number of hydrogen-bond acceptors (Lipinski definition) is 3. The van der Waals surface area contributed by atoms with Crippen molar-refractivity contribution in [3.8, 4) is 0 Å². The molecule has 0 bridgehead atoms. The van der Waals surface area contributed by atoms with Gasteiger partial charge in [0.05, 0.1) is 11.0 Å². The van der Waals surface area contributed by atoms with E-state index in [0.717, 1.165) is 11.0 Å². The van der Waals surface area contributed by atoms with Crippen molar-refractivity contribution in [3.05, 3.63) is 36.4 Å². The van der Waals surface area contributed by atoms with E-state index in [1.54, 1.807) is 0 Å². The highest BCUT2D eigenvalue weighted by Gasteiger charge is 2.02. The van der Waals surface area contributed by atoms with Gasteiger partial charge in [-0.15, -0.1) is 0 Å². The lowest BCUT2D eigenvalue weighted by atomic mass is 10.1. The molecule has 0 saturated carbocycles. The Morgan fingerprint density at radius 1 is 1.13 bits per heavy atom. The first-order valence-electron chi connectivity index (χ1n) is 4.72. The molecule has 0 fully saturated rings. The molecule has 4 N–H and O–H groups in total. The maximum atomic E-state index is 5.30. The Morgan fingerprint density at radius 2 is 1.87 bits per heavy atom. The third-order valence-corrected chi connectivity index (χ3v) is 2.49. The second-order valence-corrected chi connectivity index (χ2v) is 3.45. The largest absolute Gasteiger partial charge is 0.323 e. The average molecular weight is 198 g/mol. The zero-order valence-corrected chi connectivity index (χ0v) is 7.99. The van der Waals surface area contributed by atoms with E-state index in [2.05, 4.69) is 33.6 Å². The average Bonchev–Trinajstić information content (AvgIpc) is 2.67. The lowest BCUT2D eigenvalue weighted by molar-refractivity contribution is 1.21. The number of aromatic amines is 1. The van der Waals surface area contributed by atoms with E-state index in [0.29, 0.717) is 5.95 Å². The van der Waals surface area contributed by atoms with E-state index < -0.39 is 0 Å². The van der Waals surface area contributed by atoms with Crippen LogP contribution in [0.3, 0.4) is 0 Å². The number of aromatic nitrogens is 2. The van der Waals surface area contributed by atoms with Crippen LogP contribution in [0.4, 0.5) is 5.95 Å². The van der Waals surface area contributed by atoms with Gasteiger partial charge in [0.25, 0.3) is 0 Å². The number of nitrogens with zero attached hydrogens (tertiary/aromatic N) is 1. The summed E-state index contributed by atoms with van der Waals surface area (Å²) in [5, 5.41) is 2.37. The smallest absolute Gasteiger partial charge is 0.215 e. The maximum Gasteiger partial charge on any atom is 0.215 e. The molecule has 0 saturated heterocycles. The molecule has 3 rings (SSSR count). The second-order valence-electron chi connectivity index (χ2n) is 3.45. The number of nitrogens with one attached hydrogen (secondary N) is 2. The Labute approximate surface area is 86.1 Å². The summed E-state index contributed by atoms with van der Waals surface area (Å²) in [7, 11) is 0. The van der Waals surface area contributed by atoms with Gasteiger partial charge in [0.15, 0.2) is 0 Å². The van der Waals surface area contributed by atoms with Gasteiger partial charge in [-0.1, -0.05) is 24.3 Å². The van der Waals surface area contributed by atoms with Crippen molar-refractivity contribution in [2.24, 2.45) is 5.84 Å². The normalized spacial score (nSPS) is 11.0. The zero-order valence-electron chi connectivity index (χ0n) is 7.99. The highest BCUT2D eigenvalue weighted by molar-refractivity contribution is 5.95. The zero-order chi connectivity index (χ0) is 10.3. The number of benzene rings is 2. The van der Waals surface area contributed by atoms with E-state index in [4.69, 9.17) is 5.84 Å². The van der Waals surface area contributed by atoms with Crippen LogP contribution in [0.5, 0.6) is 0 Å². The number of H-pyrrole nitrogens is 1. The van der Waals surface area contributed by atoms with Crippen molar-refractivity contribution >= 4 is 27.8 Å². The number of nitrogens with two attached hydrogens (primary N) is 1. The highest BCUT2D eigenvalue weighted by atomic mass is 15.3. The van der Waals surface area contributed by atoms with Gasteiger partial charge in [-0.3, -0.25) is 5.43 Å². The molecule has 3 aromatic rings. The quantitative estimate of drug-likeness (QED) is 0.414. The van der Waals surface area contributed by atoms with Gasteiger partial charge in [0, 0.05) is 0 Å². The molecule has 1 heterocycles. The molecular formula is C11H10N4. The van der Waals surface area contributed by atoms with Crippen LogP contribution in [0, 0.1) is 0 Å². The summed E-state index contributed by atoms with van der Waals surface area (Å²) < 4.78 is 0. The standard InChI is InChI=1S/C11H10N4/c12-15-11-13-9-5-7-3-1-2-4-8(7)6-10(9)14-11/h1-6H,12H2,(H2,13,14,15). The summed E-state index contributed by atoms with van der Waals surface area (Å²) in [5.74, 6) is 5.88. The van der Waals surface area contributed by atoms with Crippen molar-refractivity contribution in [3.63, 3.8) is 0 Å². The second kappa shape index (κ2) is 2.96. The number of nitrogen functional groups attached to an aromatic ring is 1. The molecule has 0 spiro atoms. The van der Waals surface area contributed by atoms with Gasteiger partial charge >= 0.3 is 0 Å². The first-order chi connectivity index (χ1) is 7.36. The molecule has 74 valence electrons. The number of hydrogen-bond donors (Lipinski definition) is 3. The first kappa shape index (κ1) is 8.26. The van der Waals surface area contributed by atoms with Crippen LogP contribution in [-0.2, 0) is 0 Å². The Balaban J connectivity index is 2.39. The molecule has 15 heavy (non-hydrogen) atoms. The molecule has 0 radical (unpaired) electrons. The van der Waals surface area contributed by atoms with Crippen LogP contribution in [0.1, 0.15) is 0 Å². The van der Waals surface area contributed by atoms with E-state index in [-0.39, 0.29) is 0 Å². The Hall–Kier alpha value is -2.07. The lowest BCUT2D eigenvalue weighted by Crippen LogP contribution is -2.07. The Kier molecular flexibility index (Phi) is 1.63. The number of anilines is 1. The molecule has 1 aromatic heterocycles. The van der Waals surface area contributed by atoms with Gasteiger partial charge in [-0.2, -0.15) is 0 Å². The fourth-order valence-electron chi connectivity index (χ4n) is 1.77. The third kappa shape index (κ3) is 1.23. The molecule has 0 amide bonds. The number of imidazole rings is 1. The van der Waals surface area contributed by atoms with E-state index >= 15 is 0 Å². The minimum absolute atomic E-state index is 0.584. The molecule has 0 aliphatic carbocycles. The molecule has 4 heteroatoms. The molecule has 0 aliphatic heterocycles. The lowest BCUT2D eigenvalue weighted by Gasteiger charge is -1.95. The summed E-state index contributed by atoms with van der Waals surface area (Å²) in [6, 6.07) is 12.3. The minimum Gasteiger partial charge on any atom is -0.323 e. The SMILES string of the molecule is NNc1nc2cc3ccccc3cc2[nH]1. The van der Waals surface area contributed by atoms with Crippen molar-refractivity contribution in [2.75, 3.05) is 5.43 Å². The van der Waals surface area contributed by atoms with Crippen molar-refractivity contribution < 1.29 is 0 Å². The number of fused-ring (bicyclic) bond motifs is 2. The van der Waals surface area contributed by atoms with Gasteiger partial charge in [-0.25, -0.2) is 10.8 Å². The highest BCUT2D eigenvalue weighted by Crippen LogP contribution is 2.21. The maximum absolute atomic E-state index is 5.30. The van der Waals surface area contributed by atoms with E-state index in [1.807, 2.05) is 18.2 Å². The summed E-state index contributed by atoms with van der Waals surface area (Å²) in [6.07, 6.45) is 0. The first-order valence-corrected chi connectivity index (χ1v) is 4.72. The van der Waals surface area contributed by atoms with Crippen molar-refractivity contribution in [2.45, 2.75) is 0 Å². The van der Waals surface area contributed by atoms with Crippen LogP contribution in [0.2, 0.25) is 0 Å². The summed E-state index contributed by atoms with van der Waals surface area (Å²) in [6.45, 7) is 0. The third-order valence-electron chi connectivity index (χ3n) is 2.49. The number of hydrazine groups is 1. The molecule has 0 unspecified atom stereocenters. The Bertz CT molecular complexity index is 574. The summed E-state index contributed by atoms with van der Waals surface area (Å²) in [5.41, 5.74) is 4.41. The molecule has 4 nitrogen and oxygen atoms in total. The molecule has 0 atom stereocenters.